The van der Waals surface area contributed by atoms with Crippen molar-refractivity contribution in [2.45, 2.75) is 0 Å². The number of hydrogen-bond acceptors (Lipinski definition) is 1. The van der Waals surface area contributed by atoms with E-state index < -0.39 is 0 Å². The van der Waals surface area contributed by atoms with Crippen molar-refractivity contribution in [1.82, 2.24) is 5.32 Å². The van der Waals surface area contributed by atoms with Crippen molar-refractivity contribution in [2.75, 3.05) is 11.0 Å². The lowest BCUT2D eigenvalue weighted by molar-refractivity contribution is 0.0956. The normalized spacial score (nSPS) is 9.93. The van der Waals surface area contributed by atoms with Crippen LogP contribution in [-0.2, 0) is 0 Å². The van der Waals surface area contributed by atoms with Crippen molar-refractivity contribution in [2.24, 2.45) is 0 Å². The summed E-state index contributed by atoms with van der Waals surface area (Å²) < 4.78 is 1.69. The van der Waals surface area contributed by atoms with Crippen LogP contribution in [0, 0.1) is 0 Å². The summed E-state index contributed by atoms with van der Waals surface area (Å²) >= 11 is 11.3. The largest absolute Gasteiger partial charge is 0.351 e. The number of alkyl halides is 1. The molecule has 0 spiro atoms. The first-order valence-corrected chi connectivity index (χ1v) is 6.64. The third kappa shape index (κ3) is 3.40. The third-order valence-corrected chi connectivity index (χ3v) is 3.33. The van der Waals surface area contributed by atoms with Gasteiger partial charge in [0.2, 0.25) is 0 Å². The van der Waals surface area contributed by atoms with Gasteiger partial charge in [-0.05, 0) is 34.1 Å². The third-order valence-electron chi connectivity index (χ3n) is 1.56. The Morgan fingerprint density at radius 3 is 2.86 bits per heavy atom. The monoisotopic (exact) mass is 387 g/mol. The molecule has 1 rings (SSSR count). The molecule has 5 heteroatoms. The second-order valence-electron chi connectivity index (χ2n) is 2.57. The highest BCUT2D eigenvalue weighted by molar-refractivity contribution is 14.1. The zero-order chi connectivity index (χ0) is 10.6. The van der Waals surface area contributed by atoms with E-state index in [0.29, 0.717) is 17.1 Å². The van der Waals surface area contributed by atoms with Crippen molar-refractivity contribution >= 4 is 56.0 Å². The molecule has 1 aromatic carbocycles. The smallest absolute Gasteiger partial charge is 0.251 e. The molecule has 0 fully saturated rings. The highest BCUT2D eigenvalue weighted by atomic mass is 127. The number of carbonyl (C=O) groups excluding carboxylic acids is 1. The van der Waals surface area contributed by atoms with Crippen molar-refractivity contribution in [3.05, 3.63) is 33.3 Å². The molecule has 14 heavy (non-hydrogen) atoms. The minimum absolute atomic E-state index is 0.0870. The van der Waals surface area contributed by atoms with E-state index in [1.807, 2.05) is 0 Å². The fourth-order valence-electron chi connectivity index (χ4n) is 0.900. The van der Waals surface area contributed by atoms with Crippen LogP contribution in [0.15, 0.2) is 22.7 Å². The van der Waals surface area contributed by atoms with Crippen LogP contribution in [0.3, 0.4) is 0 Å². The van der Waals surface area contributed by atoms with Crippen LogP contribution in [0.4, 0.5) is 0 Å². The number of amides is 1. The van der Waals surface area contributed by atoms with Crippen LogP contribution < -0.4 is 5.32 Å². The van der Waals surface area contributed by atoms with Crippen LogP contribution in [-0.4, -0.2) is 16.9 Å². The highest BCUT2D eigenvalue weighted by Crippen LogP contribution is 2.22. The molecule has 0 bridgehead atoms. The minimum Gasteiger partial charge on any atom is -0.351 e. The van der Waals surface area contributed by atoms with E-state index in [-0.39, 0.29) is 5.91 Å². The Balaban J connectivity index is 2.76. The van der Waals surface area contributed by atoms with Gasteiger partial charge in [-0.1, -0.05) is 34.2 Å². The van der Waals surface area contributed by atoms with Gasteiger partial charge in [-0.15, -0.1) is 0 Å². The lowest BCUT2D eigenvalue weighted by Crippen LogP contribution is -2.25. The van der Waals surface area contributed by atoms with Crippen molar-refractivity contribution < 1.29 is 4.79 Å². The first kappa shape index (κ1) is 12.3. The number of halogens is 3. The maximum absolute atomic E-state index is 11.5. The van der Waals surface area contributed by atoms with Gasteiger partial charge in [0, 0.05) is 21.0 Å². The number of hydrogen-bond donors (Lipinski definition) is 1. The molecule has 2 nitrogen and oxygen atoms in total. The van der Waals surface area contributed by atoms with E-state index in [1.165, 1.54) is 0 Å². The van der Waals surface area contributed by atoms with E-state index in [1.54, 1.807) is 18.2 Å². The number of benzene rings is 1. The summed E-state index contributed by atoms with van der Waals surface area (Å²) in [5.41, 5.74) is 0.586. The molecule has 0 heterocycles. The predicted octanol–water partition coefficient (Wildman–Crippen LogP) is 3.27. The summed E-state index contributed by atoms with van der Waals surface area (Å²) in [5, 5.41) is 3.32. The molecule has 0 aliphatic heterocycles. The van der Waals surface area contributed by atoms with E-state index in [9.17, 15) is 4.79 Å². The summed E-state index contributed by atoms with van der Waals surface area (Å²) in [5.74, 6) is -0.0870. The zero-order valence-electron chi connectivity index (χ0n) is 7.19. The van der Waals surface area contributed by atoms with Crippen LogP contribution >= 0.6 is 50.1 Å². The van der Waals surface area contributed by atoms with E-state index in [0.717, 1.165) is 8.90 Å². The van der Waals surface area contributed by atoms with Gasteiger partial charge >= 0.3 is 0 Å². The molecule has 76 valence electrons. The number of rotatable bonds is 3. The van der Waals surface area contributed by atoms with Crippen LogP contribution in [0.2, 0.25) is 5.02 Å². The lowest BCUT2D eigenvalue weighted by Gasteiger charge is -2.03. The second kappa shape index (κ2) is 5.92. The van der Waals surface area contributed by atoms with Gasteiger partial charge in [0.15, 0.2) is 0 Å². The topological polar surface area (TPSA) is 29.1 Å². The van der Waals surface area contributed by atoms with Gasteiger partial charge in [0.05, 0.1) is 5.02 Å². The Kier molecular flexibility index (Phi) is 5.19. The van der Waals surface area contributed by atoms with Crippen molar-refractivity contribution in [3.8, 4) is 0 Å². The Labute approximate surface area is 110 Å². The van der Waals surface area contributed by atoms with Crippen molar-refractivity contribution in [3.63, 3.8) is 0 Å². The van der Waals surface area contributed by atoms with E-state index >= 15 is 0 Å². The summed E-state index contributed by atoms with van der Waals surface area (Å²) in [7, 11) is 0. The molecule has 0 saturated heterocycles. The molecule has 0 unspecified atom stereocenters. The standard InChI is InChI=1S/C9H8BrClINO/c10-7-2-1-6(5-8(7)11)9(14)13-4-3-12/h1-2,5H,3-4H2,(H,13,14). The molecule has 1 amide bonds. The lowest BCUT2D eigenvalue weighted by atomic mass is 10.2. The van der Waals surface area contributed by atoms with Crippen molar-refractivity contribution in [1.29, 1.82) is 0 Å². The number of nitrogens with one attached hydrogen (secondary N) is 1. The SMILES string of the molecule is O=C(NCCI)c1ccc(Br)c(Cl)c1. The molecule has 0 aromatic heterocycles. The molecule has 1 N–H and O–H groups in total. The van der Waals surface area contributed by atoms with Gasteiger partial charge in [-0.25, -0.2) is 0 Å². The average molecular weight is 388 g/mol. The first-order chi connectivity index (χ1) is 6.65. The van der Waals surface area contributed by atoms with Gasteiger partial charge in [0.1, 0.15) is 0 Å². The Morgan fingerprint density at radius 1 is 1.57 bits per heavy atom. The molecule has 1 aromatic rings. The van der Waals surface area contributed by atoms with Crippen LogP contribution in [0.25, 0.3) is 0 Å². The second-order valence-corrected chi connectivity index (χ2v) is 4.91. The summed E-state index contributed by atoms with van der Waals surface area (Å²) in [6, 6.07) is 5.15. The van der Waals surface area contributed by atoms with Crippen LogP contribution in [0.5, 0.6) is 0 Å². The average Bonchev–Trinajstić information content (AvgIpc) is 2.18. The Bertz CT molecular complexity index is 346. The zero-order valence-corrected chi connectivity index (χ0v) is 11.7. The van der Waals surface area contributed by atoms with Crippen LogP contribution in [0.1, 0.15) is 10.4 Å². The predicted molar refractivity (Wildman–Crippen MR) is 70.4 cm³/mol. The van der Waals surface area contributed by atoms with Gasteiger partial charge in [-0.2, -0.15) is 0 Å². The molecule has 0 aliphatic carbocycles. The van der Waals surface area contributed by atoms with Gasteiger partial charge < -0.3 is 5.32 Å². The van der Waals surface area contributed by atoms with Gasteiger partial charge in [-0.3, -0.25) is 4.79 Å². The molecule has 0 saturated carbocycles. The van der Waals surface area contributed by atoms with Gasteiger partial charge in [0.25, 0.3) is 5.91 Å². The molecule has 0 radical (unpaired) electrons. The molecular weight excluding hydrogens is 380 g/mol. The Hall–Kier alpha value is 0.190. The fourth-order valence-corrected chi connectivity index (χ4v) is 1.60. The maximum atomic E-state index is 11.5. The summed E-state index contributed by atoms with van der Waals surface area (Å²) in [6.45, 7) is 0.674. The Morgan fingerprint density at radius 2 is 2.29 bits per heavy atom. The first-order valence-electron chi connectivity index (χ1n) is 3.94. The fraction of sp³-hybridized carbons (Fsp3) is 0.222. The minimum atomic E-state index is -0.0870. The number of carbonyl (C=O) groups is 1. The van der Waals surface area contributed by atoms with E-state index in [2.05, 4.69) is 43.8 Å². The summed E-state index contributed by atoms with van der Waals surface area (Å²) in [6.07, 6.45) is 0. The molecule has 0 aliphatic rings. The van der Waals surface area contributed by atoms with E-state index in [4.69, 9.17) is 11.6 Å². The molecular formula is C9H8BrClINO. The highest BCUT2D eigenvalue weighted by Gasteiger charge is 2.06. The summed E-state index contributed by atoms with van der Waals surface area (Å²) in [4.78, 5) is 11.5. The quantitative estimate of drug-likeness (QED) is 0.625. The maximum Gasteiger partial charge on any atom is 0.251 e. The molecule has 0 atom stereocenters.